The Morgan fingerprint density at radius 3 is 2.61 bits per heavy atom. The molecule has 1 aliphatic carbocycles. The van der Waals surface area contributed by atoms with Crippen LogP contribution in [0.1, 0.15) is 37.7 Å². The molecule has 18 heavy (non-hydrogen) atoms. The SMILES string of the molecule is N#Cc1ccccc1OC1CCCCCC1C#N. The van der Waals surface area contributed by atoms with Gasteiger partial charge in [-0.2, -0.15) is 10.5 Å². The van der Waals surface area contributed by atoms with Gasteiger partial charge in [-0.15, -0.1) is 0 Å². The van der Waals surface area contributed by atoms with Crippen molar-refractivity contribution in [1.82, 2.24) is 0 Å². The fourth-order valence-electron chi connectivity index (χ4n) is 2.39. The van der Waals surface area contributed by atoms with Crippen LogP contribution in [0.15, 0.2) is 24.3 Å². The summed E-state index contributed by atoms with van der Waals surface area (Å²) in [7, 11) is 0. The van der Waals surface area contributed by atoms with Gasteiger partial charge in [0.25, 0.3) is 0 Å². The third kappa shape index (κ3) is 2.81. The molecule has 1 aromatic carbocycles. The summed E-state index contributed by atoms with van der Waals surface area (Å²) in [6.45, 7) is 0. The molecule has 92 valence electrons. The van der Waals surface area contributed by atoms with E-state index in [0.717, 1.165) is 32.1 Å². The molecule has 0 aliphatic heterocycles. The van der Waals surface area contributed by atoms with Crippen molar-refractivity contribution >= 4 is 0 Å². The van der Waals surface area contributed by atoms with Gasteiger partial charge >= 0.3 is 0 Å². The number of nitriles is 2. The van der Waals surface area contributed by atoms with Crippen molar-refractivity contribution in [2.45, 2.75) is 38.2 Å². The zero-order chi connectivity index (χ0) is 12.8. The highest BCUT2D eigenvalue weighted by atomic mass is 16.5. The Morgan fingerprint density at radius 2 is 1.83 bits per heavy atom. The fourth-order valence-corrected chi connectivity index (χ4v) is 2.39. The van der Waals surface area contributed by atoms with Gasteiger partial charge in [0, 0.05) is 0 Å². The van der Waals surface area contributed by atoms with E-state index in [2.05, 4.69) is 12.1 Å². The Bertz CT molecular complexity index is 484. The number of rotatable bonds is 2. The molecule has 2 unspecified atom stereocenters. The van der Waals surface area contributed by atoms with Crippen LogP contribution < -0.4 is 4.74 Å². The second-order valence-electron chi connectivity index (χ2n) is 4.64. The Labute approximate surface area is 108 Å². The topological polar surface area (TPSA) is 56.8 Å². The van der Waals surface area contributed by atoms with Gasteiger partial charge in [0.2, 0.25) is 0 Å². The number of benzene rings is 1. The summed E-state index contributed by atoms with van der Waals surface area (Å²) >= 11 is 0. The van der Waals surface area contributed by atoms with Crippen LogP contribution in [0.2, 0.25) is 0 Å². The Balaban J connectivity index is 2.16. The molecule has 3 nitrogen and oxygen atoms in total. The second kappa shape index (κ2) is 6.07. The zero-order valence-corrected chi connectivity index (χ0v) is 10.3. The molecule has 1 aliphatic rings. The first-order valence-electron chi connectivity index (χ1n) is 6.40. The van der Waals surface area contributed by atoms with Gasteiger partial charge in [-0.1, -0.05) is 25.0 Å². The largest absolute Gasteiger partial charge is 0.488 e. The number of hydrogen-bond donors (Lipinski definition) is 0. The van der Waals surface area contributed by atoms with Gasteiger partial charge in [-0.25, -0.2) is 0 Å². The van der Waals surface area contributed by atoms with Crippen molar-refractivity contribution in [2.24, 2.45) is 5.92 Å². The van der Waals surface area contributed by atoms with Crippen molar-refractivity contribution in [3.05, 3.63) is 29.8 Å². The number of para-hydroxylation sites is 1. The summed E-state index contributed by atoms with van der Waals surface area (Å²) < 4.78 is 5.92. The van der Waals surface area contributed by atoms with Crippen LogP contribution in [0.25, 0.3) is 0 Å². The van der Waals surface area contributed by atoms with Crippen LogP contribution >= 0.6 is 0 Å². The van der Waals surface area contributed by atoms with E-state index in [9.17, 15) is 5.26 Å². The molecule has 0 saturated heterocycles. The van der Waals surface area contributed by atoms with E-state index in [4.69, 9.17) is 10.00 Å². The van der Waals surface area contributed by atoms with E-state index in [0.29, 0.717) is 11.3 Å². The highest BCUT2D eigenvalue weighted by molar-refractivity contribution is 5.42. The molecule has 2 atom stereocenters. The summed E-state index contributed by atoms with van der Waals surface area (Å²) in [5.74, 6) is 0.548. The lowest BCUT2D eigenvalue weighted by atomic mass is 9.99. The number of ether oxygens (including phenoxy) is 1. The summed E-state index contributed by atoms with van der Waals surface area (Å²) in [6.07, 6.45) is 5.08. The monoisotopic (exact) mass is 240 g/mol. The average Bonchev–Trinajstić information content (AvgIpc) is 2.64. The molecule has 0 radical (unpaired) electrons. The average molecular weight is 240 g/mol. The van der Waals surface area contributed by atoms with Crippen LogP contribution in [-0.4, -0.2) is 6.10 Å². The molecule has 0 spiro atoms. The lowest BCUT2D eigenvalue weighted by molar-refractivity contribution is 0.151. The first kappa shape index (κ1) is 12.5. The molecular formula is C15H16N2O. The van der Waals surface area contributed by atoms with Gasteiger partial charge in [0.15, 0.2) is 0 Å². The third-order valence-electron chi connectivity index (χ3n) is 3.40. The van der Waals surface area contributed by atoms with E-state index in [-0.39, 0.29) is 12.0 Å². The quantitative estimate of drug-likeness (QED) is 0.744. The van der Waals surface area contributed by atoms with E-state index < -0.39 is 0 Å². The summed E-state index contributed by atoms with van der Waals surface area (Å²) in [5, 5.41) is 18.2. The number of nitrogens with zero attached hydrogens (tertiary/aromatic N) is 2. The minimum atomic E-state index is -0.0769. The molecule has 1 saturated carbocycles. The van der Waals surface area contributed by atoms with Gasteiger partial charge in [0.1, 0.15) is 17.9 Å². The van der Waals surface area contributed by atoms with Gasteiger partial charge in [0.05, 0.1) is 17.6 Å². The fraction of sp³-hybridized carbons (Fsp3) is 0.467. The Kier molecular flexibility index (Phi) is 4.20. The maximum absolute atomic E-state index is 9.20. The summed E-state index contributed by atoms with van der Waals surface area (Å²) in [4.78, 5) is 0. The standard InChI is InChI=1S/C15H16N2O/c16-10-12-6-2-1-3-8-14(12)18-15-9-5-4-7-13(15)11-17/h4-5,7,9,12,14H,1-3,6,8H2. The molecule has 3 heteroatoms. The van der Waals surface area contributed by atoms with E-state index in [1.807, 2.05) is 12.1 Å². The van der Waals surface area contributed by atoms with E-state index in [1.54, 1.807) is 12.1 Å². The predicted molar refractivity (Wildman–Crippen MR) is 67.8 cm³/mol. The lowest BCUT2D eigenvalue weighted by Gasteiger charge is -2.21. The first-order chi connectivity index (χ1) is 8.85. The van der Waals surface area contributed by atoms with Crippen LogP contribution in [0.5, 0.6) is 5.75 Å². The summed E-state index contributed by atoms with van der Waals surface area (Å²) in [6, 6.07) is 11.7. The minimum absolute atomic E-state index is 0.0563. The third-order valence-corrected chi connectivity index (χ3v) is 3.40. The Morgan fingerprint density at radius 1 is 1.06 bits per heavy atom. The molecule has 0 bridgehead atoms. The highest BCUT2D eigenvalue weighted by Crippen LogP contribution is 2.28. The minimum Gasteiger partial charge on any atom is -0.488 e. The highest BCUT2D eigenvalue weighted by Gasteiger charge is 2.25. The smallest absolute Gasteiger partial charge is 0.137 e. The summed E-state index contributed by atoms with van der Waals surface area (Å²) in [5.41, 5.74) is 0.540. The lowest BCUT2D eigenvalue weighted by Crippen LogP contribution is -2.25. The van der Waals surface area contributed by atoms with Crippen LogP contribution in [0, 0.1) is 28.6 Å². The maximum atomic E-state index is 9.20. The van der Waals surface area contributed by atoms with Crippen molar-refractivity contribution < 1.29 is 4.74 Å². The van der Waals surface area contributed by atoms with Crippen molar-refractivity contribution in [2.75, 3.05) is 0 Å². The molecule has 2 rings (SSSR count). The van der Waals surface area contributed by atoms with Crippen molar-refractivity contribution in [3.8, 4) is 17.9 Å². The number of hydrogen-bond acceptors (Lipinski definition) is 3. The van der Waals surface area contributed by atoms with Crippen LogP contribution in [0.4, 0.5) is 0 Å². The first-order valence-corrected chi connectivity index (χ1v) is 6.40. The normalized spacial score (nSPS) is 23.4. The predicted octanol–water partition coefficient (Wildman–Crippen LogP) is 3.41. The van der Waals surface area contributed by atoms with Gasteiger partial charge < -0.3 is 4.74 Å². The zero-order valence-electron chi connectivity index (χ0n) is 10.3. The maximum Gasteiger partial charge on any atom is 0.137 e. The Hall–Kier alpha value is -2.00. The van der Waals surface area contributed by atoms with E-state index >= 15 is 0 Å². The van der Waals surface area contributed by atoms with Crippen LogP contribution in [0.3, 0.4) is 0 Å². The molecule has 1 aromatic rings. The second-order valence-corrected chi connectivity index (χ2v) is 4.64. The van der Waals surface area contributed by atoms with Gasteiger partial charge in [-0.05, 0) is 31.4 Å². The molecule has 0 amide bonds. The van der Waals surface area contributed by atoms with E-state index in [1.165, 1.54) is 0 Å². The van der Waals surface area contributed by atoms with Crippen LogP contribution in [-0.2, 0) is 0 Å². The molecule has 0 aromatic heterocycles. The molecule has 1 fully saturated rings. The van der Waals surface area contributed by atoms with Crippen molar-refractivity contribution in [1.29, 1.82) is 10.5 Å². The van der Waals surface area contributed by atoms with Gasteiger partial charge in [-0.3, -0.25) is 0 Å². The molecule has 0 N–H and O–H groups in total. The van der Waals surface area contributed by atoms with Crippen molar-refractivity contribution in [3.63, 3.8) is 0 Å². The molecular weight excluding hydrogens is 224 g/mol. The molecule has 0 heterocycles.